The Morgan fingerprint density at radius 2 is 0.744 bits per heavy atom. The minimum absolute atomic E-state index is 0.0416. The second-order valence-corrected chi connectivity index (χ2v) is 24.5. The van der Waals surface area contributed by atoms with Gasteiger partial charge in [-0.1, -0.05) is 135 Å². The number of fused-ring (bicyclic) bond motifs is 1. The fraction of sp³-hybridized carbons (Fsp3) is 0.310. The average Bonchev–Trinajstić information content (AvgIpc) is 1.64. The number of carbonyl (C=O) groups is 3. The number of aromatic nitrogens is 6. The fourth-order valence-corrected chi connectivity index (χ4v) is 13.1. The van der Waals surface area contributed by atoms with E-state index >= 15 is 0 Å². The molecule has 0 fully saturated rings. The molecule has 0 unspecified atom stereocenters. The standard InChI is InChI=1S/C26H27N3O2S.C23H27N3O3S.C22H25N3O2S/c1-5-6-14-29(25(30)22-13-9-11-19-10-7-8-12-21(19)22)26-28-27-24(32-26)20-15-17(2)23(31-4)18(3)16-20;1-6-7-11-26(22(27)17-9-8-10-19(14-17)28-4)23-25-24-21(30-23)18-12-15(2)20(29-5)16(3)13-18;1-5-6-12-25(21(26)17-10-8-7-9-11-17)22-24-23-20(28-22)18-13-15(2)19(27-4)16(3)14-18/h7-13,15-16H,5-6,14H2,1-4H3;8-10,12-14H,6-7,11H2,1-5H3;7-11,13-14H,5-6,12H2,1-4H3. The zero-order chi connectivity index (χ0) is 64.4. The molecule has 0 aliphatic heterocycles. The molecule has 10 rings (SSSR count). The van der Waals surface area contributed by atoms with Crippen molar-refractivity contribution in [3.8, 4) is 54.7 Å². The fourth-order valence-electron chi connectivity index (χ4n) is 10.5. The van der Waals surface area contributed by atoms with Crippen LogP contribution < -0.4 is 33.6 Å². The number of methoxy groups -OCH3 is 4. The van der Waals surface area contributed by atoms with Gasteiger partial charge in [-0.25, -0.2) is 0 Å². The highest BCUT2D eigenvalue weighted by Gasteiger charge is 2.26. The van der Waals surface area contributed by atoms with Gasteiger partial charge in [0, 0.05) is 53.0 Å². The maximum Gasteiger partial charge on any atom is 0.260 e. The van der Waals surface area contributed by atoms with Gasteiger partial charge in [-0.15, -0.1) is 30.6 Å². The van der Waals surface area contributed by atoms with Crippen molar-refractivity contribution in [2.75, 3.05) is 62.8 Å². The van der Waals surface area contributed by atoms with Crippen molar-refractivity contribution in [1.29, 1.82) is 0 Å². The van der Waals surface area contributed by atoms with Crippen molar-refractivity contribution in [3.63, 3.8) is 0 Å². The first-order valence-corrected chi connectivity index (χ1v) is 32.6. The summed E-state index contributed by atoms with van der Waals surface area (Å²) in [5, 5.41) is 32.5. The summed E-state index contributed by atoms with van der Waals surface area (Å²) in [6.07, 6.45) is 5.65. The molecule has 0 spiro atoms. The zero-order valence-corrected chi connectivity index (χ0v) is 56.1. The normalized spacial score (nSPS) is 10.8. The van der Waals surface area contributed by atoms with Gasteiger partial charge in [-0.3, -0.25) is 29.1 Å². The smallest absolute Gasteiger partial charge is 0.260 e. The highest BCUT2D eigenvalue weighted by molar-refractivity contribution is 7.19. The van der Waals surface area contributed by atoms with Gasteiger partial charge in [-0.2, -0.15) is 0 Å². The van der Waals surface area contributed by atoms with Crippen LogP contribution in [0.1, 0.15) is 124 Å². The lowest BCUT2D eigenvalue weighted by atomic mass is 10.0. The van der Waals surface area contributed by atoms with Crippen molar-refractivity contribution < 1.29 is 33.3 Å². The Kier molecular flexibility index (Phi) is 23.8. The van der Waals surface area contributed by atoms with Crippen molar-refractivity contribution in [1.82, 2.24) is 30.6 Å². The molecule has 3 amide bonds. The van der Waals surface area contributed by atoms with E-state index < -0.39 is 0 Å². The Hall–Kier alpha value is -8.91. The number of benzene rings is 7. The van der Waals surface area contributed by atoms with Crippen LogP contribution in [0.4, 0.5) is 15.4 Å². The highest BCUT2D eigenvalue weighted by Crippen LogP contribution is 2.38. The minimum Gasteiger partial charge on any atom is -0.497 e. The monoisotopic (exact) mass is 1270 g/mol. The van der Waals surface area contributed by atoms with E-state index in [1.165, 1.54) is 34.0 Å². The molecule has 0 aliphatic carbocycles. The van der Waals surface area contributed by atoms with Crippen LogP contribution in [0.5, 0.6) is 23.0 Å². The lowest BCUT2D eigenvalue weighted by molar-refractivity contribution is 0.0978. The predicted octanol–water partition coefficient (Wildman–Crippen LogP) is 17.0. The summed E-state index contributed by atoms with van der Waals surface area (Å²) in [6, 6.07) is 42.6. The number of hydrogen-bond acceptors (Lipinski definition) is 16. The molecule has 16 nitrogen and oxygen atoms in total. The molecule has 0 N–H and O–H groups in total. The van der Waals surface area contributed by atoms with Gasteiger partial charge in [0.25, 0.3) is 17.7 Å². The maximum absolute atomic E-state index is 13.7. The first kappa shape index (κ1) is 67.0. The molecule has 0 radical (unpaired) electrons. The molecule has 3 heterocycles. The number of carbonyl (C=O) groups excluding carboxylic acids is 3. The van der Waals surface area contributed by atoms with E-state index in [0.717, 1.165) is 132 Å². The summed E-state index contributed by atoms with van der Waals surface area (Å²) in [4.78, 5) is 45.2. The molecule has 19 heteroatoms. The third-order valence-electron chi connectivity index (χ3n) is 15.0. The SMILES string of the molecule is CCCCN(C(=O)c1cccc(OC)c1)c1nnc(-c2cc(C)c(OC)c(C)c2)s1.CCCCN(C(=O)c1cccc2ccccc12)c1nnc(-c2cc(C)c(OC)c(C)c2)s1.CCCCN(C(=O)c1ccccc1)c1nnc(-c2cc(C)c(OC)c(C)c2)s1. The topological polar surface area (TPSA) is 175 Å². The molecule has 0 saturated carbocycles. The summed E-state index contributed by atoms with van der Waals surface area (Å²) in [6.45, 7) is 20.2. The Bertz CT molecular complexity index is 4000. The number of unbranched alkanes of at least 4 members (excludes halogenated alkanes) is 3. The summed E-state index contributed by atoms with van der Waals surface area (Å²) in [5.74, 6) is 3.11. The number of aryl methyl sites for hydroxylation is 6. The molecule has 0 saturated heterocycles. The second-order valence-electron chi connectivity index (χ2n) is 21.7. The molecule has 10 aromatic rings. The van der Waals surface area contributed by atoms with Crippen LogP contribution in [0.2, 0.25) is 0 Å². The summed E-state index contributed by atoms with van der Waals surface area (Å²) >= 11 is 4.31. The van der Waals surface area contributed by atoms with E-state index in [2.05, 4.69) is 63.5 Å². The first-order chi connectivity index (χ1) is 43.6. The number of ether oxygens (including phenoxy) is 4. The van der Waals surface area contributed by atoms with Gasteiger partial charge in [0.15, 0.2) is 0 Å². The van der Waals surface area contributed by atoms with E-state index in [0.29, 0.717) is 57.5 Å². The average molecular weight is 1270 g/mol. The Balaban J connectivity index is 0.000000175. The van der Waals surface area contributed by atoms with E-state index in [1.54, 1.807) is 55.3 Å². The van der Waals surface area contributed by atoms with Gasteiger partial charge >= 0.3 is 0 Å². The molecule has 7 aromatic carbocycles. The Morgan fingerprint density at radius 3 is 1.14 bits per heavy atom. The van der Waals surface area contributed by atoms with Crippen molar-refractivity contribution in [2.45, 2.75) is 101 Å². The third kappa shape index (κ3) is 16.1. The lowest BCUT2D eigenvalue weighted by Gasteiger charge is -2.20. The van der Waals surface area contributed by atoms with Crippen LogP contribution in [-0.4, -0.2) is 96.4 Å². The zero-order valence-electron chi connectivity index (χ0n) is 53.7. The number of rotatable bonds is 22. The van der Waals surface area contributed by atoms with Crippen LogP contribution in [0.3, 0.4) is 0 Å². The van der Waals surface area contributed by atoms with Gasteiger partial charge in [0.05, 0.1) is 28.4 Å². The molecule has 0 aliphatic rings. The molecule has 468 valence electrons. The van der Waals surface area contributed by atoms with Crippen LogP contribution in [0, 0.1) is 41.5 Å². The molecular formula is C71H79N9O7S3. The molecular weight excluding hydrogens is 1190 g/mol. The van der Waals surface area contributed by atoms with Crippen LogP contribution in [0.25, 0.3) is 42.5 Å². The van der Waals surface area contributed by atoms with Gasteiger partial charge in [0.2, 0.25) is 15.4 Å². The van der Waals surface area contributed by atoms with E-state index in [1.807, 2.05) is 151 Å². The number of amides is 3. The summed E-state index contributed by atoms with van der Waals surface area (Å²) in [5.41, 5.74) is 11.1. The third-order valence-corrected chi connectivity index (χ3v) is 18.0. The highest BCUT2D eigenvalue weighted by atomic mass is 32.1. The maximum atomic E-state index is 13.7. The van der Waals surface area contributed by atoms with Gasteiger partial charge in [0.1, 0.15) is 38.0 Å². The van der Waals surface area contributed by atoms with Crippen molar-refractivity contribution >= 4 is 77.9 Å². The molecule has 0 atom stereocenters. The van der Waals surface area contributed by atoms with Crippen LogP contribution >= 0.6 is 34.0 Å². The number of nitrogens with zero attached hydrogens (tertiary/aromatic N) is 9. The van der Waals surface area contributed by atoms with Crippen LogP contribution in [0.15, 0.2) is 133 Å². The number of hydrogen-bond donors (Lipinski definition) is 0. The molecule has 3 aromatic heterocycles. The van der Waals surface area contributed by atoms with Crippen molar-refractivity contribution in [2.24, 2.45) is 0 Å². The second kappa shape index (κ2) is 32.0. The van der Waals surface area contributed by atoms with Crippen molar-refractivity contribution in [3.05, 3.63) is 184 Å². The Morgan fingerprint density at radius 1 is 0.389 bits per heavy atom. The predicted molar refractivity (Wildman–Crippen MR) is 367 cm³/mol. The largest absolute Gasteiger partial charge is 0.497 e. The van der Waals surface area contributed by atoms with E-state index in [9.17, 15) is 14.4 Å². The Labute approximate surface area is 540 Å². The van der Waals surface area contributed by atoms with E-state index in [-0.39, 0.29) is 17.7 Å². The summed E-state index contributed by atoms with van der Waals surface area (Å²) in [7, 11) is 6.63. The van der Waals surface area contributed by atoms with Crippen LogP contribution in [-0.2, 0) is 0 Å². The minimum atomic E-state index is -0.104. The molecule has 90 heavy (non-hydrogen) atoms. The van der Waals surface area contributed by atoms with E-state index in [4.69, 9.17) is 18.9 Å². The molecule has 0 bridgehead atoms. The quantitative estimate of drug-likeness (QED) is 0.0627. The van der Waals surface area contributed by atoms with Gasteiger partial charge < -0.3 is 18.9 Å². The van der Waals surface area contributed by atoms with Gasteiger partial charge in [-0.05, 0) is 178 Å². The number of anilines is 3. The lowest BCUT2D eigenvalue weighted by Crippen LogP contribution is -2.32. The first-order valence-electron chi connectivity index (χ1n) is 30.2. The summed E-state index contributed by atoms with van der Waals surface area (Å²) < 4.78 is 21.7.